The van der Waals surface area contributed by atoms with Crippen LogP contribution in [0.4, 0.5) is 10.1 Å². The van der Waals surface area contributed by atoms with Crippen LogP contribution in [0.5, 0.6) is 0 Å². The van der Waals surface area contributed by atoms with E-state index in [1.165, 1.54) is 24.3 Å². The molecular weight excluding hydrogens is 343 g/mol. The van der Waals surface area contributed by atoms with Crippen molar-refractivity contribution in [2.45, 2.75) is 0 Å². The molecule has 5 nitrogen and oxygen atoms in total. The average Bonchev–Trinajstić information content (AvgIpc) is 3.20. The molecule has 0 spiro atoms. The first-order chi connectivity index (χ1) is 13.2. The lowest BCUT2D eigenvalue weighted by Crippen LogP contribution is -2.11. The molecule has 0 saturated heterocycles. The molecule has 2 N–H and O–H groups in total. The van der Waals surface area contributed by atoms with Crippen molar-refractivity contribution in [2.24, 2.45) is 0 Å². The second-order valence-corrected chi connectivity index (χ2v) is 5.94. The molecule has 2 heterocycles. The van der Waals surface area contributed by atoms with Crippen molar-refractivity contribution in [3.63, 3.8) is 0 Å². The third kappa shape index (κ3) is 3.59. The molecule has 0 atom stereocenters. The number of benzene rings is 2. The summed E-state index contributed by atoms with van der Waals surface area (Å²) in [5.74, 6) is -0.619. The van der Waals surface area contributed by atoms with Gasteiger partial charge in [0.25, 0.3) is 5.91 Å². The predicted octanol–water partition coefficient (Wildman–Crippen LogP) is 4.53. The van der Waals surface area contributed by atoms with E-state index in [2.05, 4.69) is 20.5 Å². The Bertz CT molecular complexity index is 1070. The minimum Gasteiger partial charge on any atom is -0.322 e. The molecule has 0 bridgehead atoms. The van der Waals surface area contributed by atoms with Gasteiger partial charge in [-0.05, 0) is 54.1 Å². The highest BCUT2D eigenvalue weighted by atomic mass is 19.1. The Hall–Kier alpha value is -3.80. The summed E-state index contributed by atoms with van der Waals surface area (Å²) in [6, 6.07) is 16.7. The molecule has 2 aromatic carbocycles. The number of nitrogens with zero attached hydrogens (tertiary/aromatic N) is 2. The van der Waals surface area contributed by atoms with E-state index in [1.54, 1.807) is 30.7 Å². The van der Waals surface area contributed by atoms with Gasteiger partial charge in [0.15, 0.2) is 0 Å². The predicted molar refractivity (Wildman–Crippen MR) is 102 cm³/mol. The number of aromatic amines is 1. The molecule has 132 valence electrons. The Kier molecular flexibility index (Phi) is 4.45. The molecule has 4 rings (SSSR count). The van der Waals surface area contributed by atoms with Gasteiger partial charge in [0, 0.05) is 34.8 Å². The number of halogens is 1. The van der Waals surface area contributed by atoms with E-state index >= 15 is 0 Å². The maximum atomic E-state index is 13.0. The molecule has 4 aromatic rings. The van der Waals surface area contributed by atoms with E-state index in [4.69, 9.17) is 0 Å². The topological polar surface area (TPSA) is 70.7 Å². The fourth-order valence-corrected chi connectivity index (χ4v) is 2.81. The first-order valence-electron chi connectivity index (χ1n) is 8.32. The van der Waals surface area contributed by atoms with Crippen LogP contribution >= 0.6 is 0 Å². The summed E-state index contributed by atoms with van der Waals surface area (Å²) in [5, 5.41) is 9.91. The highest BCUT2D eigenvalue weighted by Gasteiger charge is 2.13. The lowest BCUT2D eigenvalue weighted by molar-refractivity contribution is 0.102. The Balaban J connectivity index is 1.63. The molecular formula is C21H15FN4O. The SMILES string of the molecule is O=C(Nc1ccc(F)cc1)c1cccc(-c2[nH]ncc2-c2ccncc2)c1. The number of rotatable bonds is 4. The Labute approximate surface area is 154 Å². The monoisotopic (exact) mass is 358 g/mol. The van der Waals surface area contributed by atoms with Gasteiger partial charge < -0.3 is 5.32 Å². The molecule has 0 unspecified atom stereocenters. The lowest BCUT2D eigenvalue weighted by Gasteiger charge is -2.08. The minimum absolute atomic E-state index is 0.270. The van der Waals surface area contributed by atoms with Gasteiger partial charge >= 0.3 is 0 Å². The number of H-pyrrole nitrogens is 1. The van der Waals surface area contributed by atoms with E-state index < -0.39 is 0 Å². The number of carbonyl (C=O) groups is 1. The second-order valence-electron chi connectivity index (χ2n) is 5.94. The van der Waals surface area contributed by atoms with Crippen molar-refractivity contribution in [1.29, 1.82) is 0 Å². The zero-order valence-electron chi connectivity index (χ0n) is 14.2. The number of amides is 1. The zero-order valence-corrected chi connectivity index (χ0v) is 14.2. The summed E-state index contributed by atoms with van der Waals surface area (Å²) in [6.07, 6.45) is 5.19. The third-order valence-corrected chi connectivity index (χ3v) is 4.15. The summed E-state index contributed by atoms with van der Waals surface area (Å²) in [4.78, 5) is 16.6. The quantitative estimate of drug-likeness (QED) is 0.563. The molecule has 0 radical (unpaired) electrons. The number of hydrogen-bond acceptors (Lipinski definition) is 3. The Morgan fingerprint density at radius 2 is 1.74 bits per heavy atom. The van der Waals surface area contributed by atoms with Gasteiger partial charge in [0.1, 0.15) is 5.82 Å². The molecule has 1 amide bonds. The fourth-order valence-electron chi connectivity index (χ4n) is 2.81. The van der Waals surface area contributed by atoms with Crippen molar-refractivity contribution in [3.8, 4) is 22.4 Å². The molecule has 2 aromatic heterocycles. The molecule has 27 heavy (non-hydrogen) atoms. The van der Waals surface area contributed by atoms with Crippen LogP contribution in [0, 0.1) is 5.82 Å². The lowest BCUT2D eigenvalue weighted by atomic mass is 10.0. The van der Waals surface area contributed by atoms with E-state index in [9.17, 15) is 9.18 Å². The number of hydrogen-bond donors (Lipinski definition) is 2. The van der Waals surface area contributed by atoms with Crippen LogP contribution in [0.25, 0.3) is 22.4 Å². The number of nitrogens with one attached hydrogen (secondary N) is 2. The largest absolute Gasteiger partial charge is 0.322 e. The zero-order chi connectivity index (χ0) is 18.6. The van der Waals surface area contributed by atoms with Crippen molar-refractivity contribution in [3.05, 3.63) is 90.6 Å². The highest BCUT2D eigenvalue weighted by Crippen LogP contribution is 2.30. The van der Waals surface area contributed by atoms with Crippen molar-refractivity contribution in [1.82, 2.24) is 15.2 Å². The second kappa shape index (κ2) is 7.21. The van der Waals surface area contributed by atoms with E-state index in [0.717, 1.165) is 22.4 Å². The summed E-state index contributed by atoms with van der Waals surface area (Å²) < 4.78 is 13.0. The van der Waals surface area contributed by atoms with Gasteiger partial charge in [-0.2, -0.15) is 5.10 Å². The van der Waals surface area contributed by atoms with Crippen LogP contribution in [0.1, 0.15) is 10.4 Å². The maximum Gasteiger partial charge on any atom is 0.255 e. The molecule has 6 heteroatoms. The number of anilines is 1. The normalized spacial score (nSPS) is 10.6. The van der Waals surface area contributed by atoms with Crippen LogP contribution in [0.3, 0.4) is 0 Å². The summed E-state index contributed by atoms with van der Waals surface area (Å²) in [6.45, 7) is 0. The first-order valence-corrected chi connectivity index (χ1v) is 8.32. The molecule has 0 fully saturated rings. The number of pyridine rings is 1. The smallest absolute Gasteiger partial charge is 0.255 e. The van der Waals surface area contributed by atoms with Gasteiger partial charge in [0.2, 0.25) is 0 Å². The minimum atomic E-state index is -0.349. The van der Waals surface area contributed by atoms with E-state index in [-0.39, 0.29) is 11.7 Å². The van der Waals surface area contributed by atoms with Crippen LogP contribution in [-0.4, -0.2) is 21.1 Å². The summed E-state index contributed by atoms with van der Waals surface area (Å²) >= 11 is 0. The van der Waals surface area contributed by atoms with Crippen molar-refractivity contribution < 1.29 is 9.18 Å². The van der Waals surface area contributed by atoms with Crippen LogP contribution in [0.2, 0.25) is 0 Å². The number of aromatic nitrogens is 3. The van der Waals surface area contributed by atoms with Crippen molar-refractivity contribution >= 4 is 11.6 Å². The average molecular weight is 358 g/mol. The summed E-state index contributed by atoms with van der Waals surface area (Å²) in [7, 11) is 0. The van der Waals surface area contributed by atoms with Gasteiger partial charge in [-0.1, -0.05) is 12.1 Å². The van der Waals surface area contributed by atoms with Crippen LogP contribution in [-0.2, 0) is 0 Å². The van der Waals surface area contributed by atoms with Gasteiger partial charge in [-0.25, -0.2) is 4.39 Å². The molecule has 0 saturated carbocycles. The standard InChI is InChI=1S/C21H15FN4O/c22-17-4-6-18(7-5-17)25-21(27)16-3-1-2-15(12-16)20-19(13-24-26-20)14-8-10-23-11-9-14/h1-13H,(H,24,26)(H,25,27). The third-order valence-electron chi connectivity index (χ3n) is 4.15. The fraction of sp³-hybridized carbons (Fsp3) is 0. The van der Waals surface area contributed by atoms with E-state index in [1.807, 2.05) is 24.3 Å². The highest BCUT2D eigenvalue weighted by molar-refractivity contribution is 6.05. The number of carbonyl (C=O) groups excluding carboxylic acids is 1. The van der Waals surface area contributed by atoms with Crippen molar-refractivity contribution in [2.75, 3.05) is 5.32 Å². The van der Waals surface area contributed by atoms with Crippen LogP contribution < -0.4 is 5.32 Å². The molecule has 0 aliphatic rings. The van der Waals surface area contributed by atoms with Gasteiger partial charge in [-0.15, -0.1) is 0 Å². The molecule has 0 aliphatic carbocycles. The molecule has 0 aliphatic heterocycles. The summed E-state index contributed by atoms with van der Waals surface area (Å²) in [5.41, 5.74) is 4.59. The first kappa shape index (κ1) is 16.7. The van der Waals surface area contributed by atoms with E-state index in [0.29, 0.717) is 11.3 Å². The Morgan fingerprint density at radius 1 is 0.963 bits per heavy atom. The van der Waals surface area contributed by atoms with Gasteiger partial charge in [0.05, 0.1) is 11.9 Å². The van der Waals surface area contributed by atoms with Crippen LogP contribution in [0.15, 0.2) is 79.3 Å². The van der Waals surface area contributed by atoms with Gasteiger partial charge in [-0.3, -0.25) is 14.9 Å². The Morgan fingerprint density at radius 3 is 2.52 bits per heavy atom. The maximum absolute atomic E-state index is 13.0.